The highest BCUT2D eigenvalue weighted by atomic mass is 16.2. The predicted octanol–water partition coefficient (Wildman–Crippen LogP) is 1.42. The second-order valence-electron chi connectivity index (χ2n) is 6.61. The molecule has 0 saturated carbocycles. The lowest BCUT2D eigenvalue weighted by molar-refractivity contribution is -0.134. The van der Waals surface area contributed by atoms with Crippen molar-refractivity contribution in [3.05, 3.63) is 0 Å². The summed E-state index contributed by atoms with van der Waals surface area (Å²) in [6, 6.07) is 0.456. The molecule has 1 aliphatic heterocycles. The highest BCUT2D eigenvalue weighted by molar-refractivity contribution is 5.78. The number of nitrogens with zero attached hydrogens (tertiary/aromatic N) is 2. The molecule has 0 bridgehead atoms. The summed E-state index contributed by atoms with van der Waals surface area (Å²) in [6.07, 6.45) is 0. The molecule has 0 aromatic rings. The number of carbonyl (C=O) groups excluding carboxylic acids is 1. The molecule has 0 aliphatic carbocycles. The molecule has 1 amide bonds. The SMILES string of the molecule is CC(C)CN(CC(C)C)C(=O)CN1CCNC[C@@H]1C. The Hall–Kier alpha value is -0.610. The van der Waals surface area contributed by atoms with E-state index >= 15 is 0 Å². The van der Waals surface area contributed by atoms with Gasteiger partial charge in [0.05, 0.1) is 6.54 Å². The third-order valence-electron chi connectivity index (χ3n) is 3.50. The van der Waals surface area contributed by atoms with Crippen LogP contribution in [0, 0.1) is 11.8 Å². The van der Waals surface area contributed by atoms with E-state index in [-0.39, 0.29) is 5.91 Å². The van der Waals surface area contributed by atoms with Crippen LogP contribution < -0.4 is 5.32 Å². The predicted molar refractivity (Wildman–Crippen MR) is 80.2 cm³/mol. The van der Waals surface area contributed by atoms with Crippen LogP contribution in [-0.2, 0) is 4.79 Å². The monoisotopic (exact) mass is 269 g/mol. The van der Waals surface area contributed by atoms with Crippen LogP contribution >= 0.6 is 0 Å². The summed E-state index contributed by atoms with van der Waals surface area (Å²) >= 11 is 0. The van der Waals surface area contributed by atoms with Crippen LogP contribution in [0.15, 0.2) is 0 Å². The number of nitrogens with one attached hydrogen (secondary N) is 1. The first-order chi connectivity index (χ1) is 8.90. The maximum absolute atomic E-state index is 12.5. The molecule has 4 nitrogen and oxygen atoms in total. The van der Waals surface area contributed by atoms with Crippen LogP contribution in [0.3, 0.4) is 0 Å². The van der Waals surface area contributed by atoms with Crippen LogP contribution in [-0.4, -0.2) is 61.0 Å². The molecule has 1 atom stereocenters. The third kappa shape index (κ3) is 5.91. The molecule has 1 rings (SSSR count). The number of rotatable bonds is 6. The Balaban J connectivity index is 2.54. The van der Waals surface area contributed by atoms with Crippen molar-refractivity contribution in [2.45, 2.75) is 40.7 Å². The zero-order valence-corrected chi connectivity index (χ0v) is 13.3. The first kappa shape index (κ1) is 16.4. The fourth-order valence-electron chi connectivity index (χ4n) is 2.55. The molecule has 1 heterocycles. The summed E-state index contributed by atoms with van der Waals surface area (Å²) in [5, 5.41) is 3.36. The fourth-order valence-corrected chi connectivity index (χ4v) is 2.55. The van der Waals surface area contributed by atoms with Gasteiger partial charge in [0.25, 0.3) is 0 Å². The average molecular weight is 269 g/mol. The highest BCUT2D eigenvalue weighted by Crippen LogP contribution is 2.08. The van der Waals surface area contributed by atoms with E-state index in [0.29, 0.717) is 24.4 Å². The van der Waals surface area contributed by atoms with E-state index in [1.165, 1.54) is 0 Å². The minimum Gasteiger partial charge on any atom is -0.341 e. The van der Waals surface area contributed by atoms with Gasteiger partial charge in [-0.25, -0.2) is 0 Å². The largest absolute Gasteiger partial charge is 0.341 e. The van der Waals surface area contributed by atoms with E-state index in [1.807, 2.05) is 4.90 Å². The van der Waals surface area contributed by atoms with Gasteiger partial charge in [-0.15, -0.1) is 0 Å². The molecule has 1 aliphatic rings. The van der Waals surface area contributed by atoms with Crippen molar-refractivity contribution in [2.24, 2.45) is 11.8 Å². The van der Waals surface area contributed by atoms with Gasteiger partial charge in [-0.3, -0.25) is 9.69 Å². The van der Waals surface area contributed by atoms with Crippen LogP contribution in [0.5, 0.6) is 0 Å². The van der Waals surface area contributed by atoms with E-state index in [1.54, 1.807) is 0 Å². The first-order valence-electron chi connectivity index (χ1n) is 7.62. The highest BCUT2D eigenvalue weighted by Gasteiger charge is 2.23. The molecule has 1 fully saturated rings. The number of hydrogen-bond donors (Lipinski definition) is 1. The van der Waals surface area contributed by atoms with E-state index in [9.17, 15) is 4.79 Å². The maximum atomic E-state index is 12.5. The summed E-state index contributed by atoms with van der Waals surface area (Å²) < 4.78 is 0. The molecule has 0 unspecified atom stereocenters. The zero-order valence-electron chi connectivity index (χ0n) is 13.3. The fraction of sp³-hybridized carbons (Fsp3) is 0.933. The second kappa shape index (κ2) is 7.85. The van der Waals surface area contributed by atoms with E-state index in [4.69, 9.17) is 0 Å². The van der Waals surface area contributed by atoms with Gasteiger partial charge < -0.3 is 10.2 Å². The van der Waals surface area contributed by atoms with E-state index < -0.39 is 0 Å². The number of amides is 1. The molecular weight excluding hydrogens is 238 g/mol. The van der Waals surface area contributed by atoms with E-state index in [0.717, 1.165) is 32.7 Å². The number of hydrogen-bond acceptors (Lipinski definition) is 3. The molecular formula is C15H31N3O. The Kier molecular flexibility index (Phi) is 6.80. The minimum atomic E-state index is 0.288. The van der Waals surface area contributed by atoms with Gasteiger partial charge in [0, 0.05) is 38.8 Å². The Morgan fingerprint density at radius 2 is 1.84 bits per heavy atom. The van der Waals surface area contributed by atoms with Gasteiger partial charge in [-0.2, -0.15) is 0 Å². The average Bonchev–Trinajstić information content (AvgIpc) is 2.30. The van der Waals surface area contributed by atoms with Gasteiger partial charge in [-0.05, 0) is 18.8 Å². The van der Waals surface area contributed by atoms with Crippen molar-refractivity contribution >= 4 is 5.91 Å². The van der Waals surface area contributed by atoms with Crippen molar-refractivity contribution in [3.63, 3.8) is 0 Å². The third-order valence-corrected chi connectivity index (χ3v) is 3.50. The lowest BCUT2D eigenvalue weighted by Gasteiger charge is -2.35. The zero-order chi connectivity index (χ0) is 14.4. The van der Waals surface area contributed by atoms with Crippen LogP contribution in [0.4, 0.5) is 0 Å². The summed E-state index contributed by atoms with van der Waals surface area (Å²) in [5.41, 5.74) is 0. The molecule has 1 N–H and O–H groups in total. The first-order valence-corrected chi connectivity index (χ1v) is 7.62. The standard InChI is InChI=1S/C15H31N3O/c1-12(2)9-18(10-13(3)4)15(19)11-17-7-6-16-8-14(17)5/h12-14,16H,6-11H2,1-5H3/t14-/m0/s1. The van der Waals surface area contributed by atoms with Crippen molar-refractivity contribution < 1.29 is 4.79 Å². The topological polar surface area (TPSA) is 35.6 Å². The molecule has 0 aromatic carbocycles. The normalized spacial score (nSPS) is 21.1. The van der Waals surface area contributed by atoms with Crippen LogP contribution in [0.1, 0.15) is 34.6 Å². The molecule has 19 heavy (non-hydrogen) atoms. The van der Waals surface area contributed by atoms with Gasteiger partial charge in [0.2, 0.25) is 5.91 Å². The van der Waals surface area contributed by atoms with E-state index in [2.05, 4.69) is 44.8 Å². The lowest BCUT2D eigenvalue weighted by Crippen LogP contribution is -2.53. The van der Waals surface area contributed by atoms with Crippen molar-refractivity contribution in [1.82, 2.24) is 15.1 Å². The van der Waals surface area contributed by atoms with Crippen LogP contribution in [0.2, 0.25) is 0 Å². The Labute approximate surface area is 118 Å². The maximum Gasteiger partial charge on any atom is 0.236 e. The summed E-state index contributed by atoms with van der Waals surface area (Å²) in [5.74, 6) is 1.35. The Bertz CT molecular complexity index is 269. The van der Waals surface area contributed by atoms with Crippen molar-refractivity contribution in [1.29, 1.82) is 0 Å². The quantitative estimate of drug-likeness (QED) is 0.792. The molecule has 4 heteroatoms. The van der Waals surface area contributed by atoms with Gasteiger partial charge >= 0.3 is 0 Å². The molecule has 0 aromatic heterocycles. The van der Waals surface area contributed by atoms with Crippen molar-refractivity contribution in [3.8, 4) is 0 Å². The minimum absolute atomic E-state index is 0.288. The van der Waals surface area contributed by atoms with Crippen LogP contribution in [0.25, 0.3) is 0 Å². The van der Waals surface area contributed by atoms with Gasteiger partial charge in [0.15, 0.2) is 0 Å². The second-order valence-corrected chi connectivity index (χ2v) is 6.61. The smallest absolute Gasteiger partial charge is 0.236 e. The molecule has 0 radical (unpaired) electrons. The summed E-state index contributed by atoms with van der Waals surface area (Å²) in [7, 11) is 0. The Morgan fingerprint density at radius 1 is 1.26 bits per heavy atom. The number of carbonyl (C=O) groups is 1. The summed E-state index contributed by atoms with van der Waals surface area (Å²) in [4.78, 5) is 16.8. The number of piperazine rings is 1. The van der Waals surface area contributed by atoms with Crippen molar-refractivity contribution in [2.75, 3.05) is 39.3 Å². The van der Waals surface area contributed by atoms with Gasteiger partial charge in [0.1, 0.15) is 0 Å². The Morgan fingerprint density at radius 3 is 2.32 bits per heavy atom. The molecule has 112 valence electrons. The summed E-state index contributed by atoms with van der Waals surface area (Å²) in [6.45, 7) is 16.2. The molecule has 1 saturated heterocycles. The van der Waals surface area contributed by atoms with Gasteiger partial charge in [-0.1, -0.05) is 27.7 Å². The lowest BCUT2D eigenvalue weighted by atomic mass is 10.1. The molecule has 0 spiro atoms.